The molecule has 3 rings (SSSR count). The molecule has 0 aromatic heterocycles. The van der Waals surface area contributed by atoms with E-state index >= 15 is 0 Å². The Balaban J connectivity index is 1.30. The Kier molecular flexibility index (Phi) is 7.41. The van der Waals surface area contributed by atoms with Crippen LogP contribution in [0.1, 0.15) is 12.8 Å². The van der Waals surface area contributed by atoms with Gasteiger partial charge in [0.25, 0.3) is 0 Å². The molecule has 0 bridgehead atoms. The Hall–Kier alpha value is -1.50. The molecule has 1 aromatic carbocycles. The minimum absolute atomic E-state index is 0.0511. The fraction of sp³-hybridized carbons (Fsp3) is 0.632. The summed E-state index contributed by atoms with van der Waals surface area (Å²) in [7, 11) is 0. The molecule has 1 N–H and O–H groups in total. The van der Waals surface area contributed by atoms with Gasteiger partial charge in [-0.05, 0) is 31.5 Å². The number of nitrogens with one attached hydrogen (secondary N) is 1. The predicted molar refractivity (Wildman–Crippen MR) is 105 cm³/mol. The maximum absolute atomic E-state index is 12.3. The predicted octanol–water partition coefficient (Wildman–Crippen LogP) is 2.28. The average molecular weight is 381 g/mol. The number of morpholine rings is 1. The average Bonchev–Trinajstić information content (AvgIpc) is 2.69. The molecule has 0 radical (unpaired) electrons. The third-order valence-corrected chi connectivity index (χ3v) is 5.36. The van der Waals surface area contributed by atoms with Gasteiger partial charge < -0.3 is 19.9 Å². The van der Waals surface area contributed by atoms with Crippen molar-refractivity contribution in [2.24, 2.45) is 0 Å². The van der Waals surface area contributed by atoms with Crippen molar-refractivity contribution in [1.82, 2.24) is 15.1 Å². The Bertz CT molecular complexity index is 572. The van der Waals surface area contributed by atoms with Crippen LogP contribution < -0.4 is 10.2 Å². The molecular weight excluding hydrogens is 352 g/mol. The number of hydrogen-bond donors (Lipinski definition) is 1. The highest BCUT2D eigenvalue weighted by atomic mass is 35.5. The van der Waals surface area contributed by atoms with E-state index < -0.39 is 0 Å². The van der Waals surface area contributed by atoms with E-state index in [1.807, 2.05) is 29.2 Å². The van der Waals surface area contributed by atoms with E-state index in [2.05, 4.69) is 15.1 Å². The molecule has 6 nitrogen and oxygen atoms in total. The van der Waals surface area contributed by atoms with Crippen LogP contribution in [0.4, 0.5) is 10.5 Å². The van der Waals surface area contributed by atoms with Crippen LogP contribution in [-0.4, -0.2) is 81.4 Å². The molecule has 0 aliphatic carbocycles. The van der Waals surface area contributed by atoms with E-state index in [9.17, 15) is 4.79 Å². The smallest absolute Gasteiger partial charge is 0.317 e. The first kappa shape index (κ1) is 19.3. The van der Waals surface area contributed by atoms with Crippen LogP contribution in [0.25, 0.3) is 0 Å². The number of ether oxygens (including phenoxy) is 1. The van der Waals surface area contributed by atoms with Gasteiger partial charge in [-0.1, -0.05) is 23.7 Å². The zero-order valence-electron chi connectivity index (χ0n) is 15.3. The van der Waals surface area contributed by atoms with Crippen LogP contribution in [0.15, 0.2) is 24.3 Å². The number of rotatable bonds is 6. The second kappa shape index (κ2) is 10.00. The summed E-state index contributed by atoms with van der Waals surface area (Å²) in [6.45, 7) is 8.67. The van der Waals surface area contributed by atoms with Gasteiger partial charge in [0, 0.05) is 45.8 Å². The van der Waals surface area contributed by atoms with Crippen molar-refractivity contribution >= 4 is 23.3 Å². The zero-order chi connectivity index (χ0) is 18.2. The van der Waals surface area contributed by atoms with Crippen LogP contribution in [0, 0.1) is 0 Å². The fourth-order valence-electron chi connectivity index (χ4n) is 3.45. The summed E-state index contributed by atoms with van der Waals surface area (Å²) in [6, 6.07) is 7.93. The molecule has 2 aliphatic rings. The normalized spacial score (nSPS) is 18.8. The maximum Gasteiger partial charge on any atom is 0.317 e. The minimum atomic E-state index is 0.0511. The molecule has 2 amide bonds. The lowest BCUT2D eigenvalue weighted by molar-refractivity contribution is 0.0372. The van der Waals surface area contributed by atoms with E-state index in [4.69, 9.17) is 16.3 Å². The summed E-state index contributed by atoms with van der Waals surface area (Å²) in [5, 5.41) is 3.82. The molecular formula is C19H29ClN4O2. The Morgan fingerprint density at radius 3 is 2.50 bits per heavy atom. The number of nitrogens with zero attached hydrogens (tertiary/aromatic N) is 3. The number of unbranched alkanes of at least 4 members (excludes halogenated alkanes) is 1. The van der Waals surface area contributed by atoms with Crippen LogP contribution >= 0.6 is 11.6 Å². The monoisotopic (exact) mass is 380 g/mol. The molecule has 2 saturated heterocycles. The summed E-state index contributed by atoms with van der Waals surface area (Å²) in [6.07, 6.45) is 2.13. The van der Waals surface area contributed by atoms with Gasteiger partial charge in [0.2, 0.25) is 0 Å². The molecule has 0 unspecified atom stereocenters. The first-order valence-corrected chi connectivity index (χ1v) is 9.94. The highest BCUT2D eigenvalue weighted by Crippen LogP contribution is 2.25. The third-order valence-electron chi connectivity index (χ3n) is 5.04. The largest absolute Gasteiger partial charge is 0.379 e. The lowest BCUT2D eigenvalue weighted by atomic mass is 10.2. The van der Waals surface area contributed by atoms with Crippen LogP contribution in [0.3, 0.4) is 0 Å². The van der Waals surface area contributed by atoms with Crippen molar-refractivity contribution < 1.29 is 9.53 Å². The summed E-state index contributed by atoms with van der Waals surface area (Å²) >= 11 is 6.27. The molecule has 7 heteroatoms. The molecule has 26 heavy (non-hydrogen) atoms. The van der Waals surface area contributed by atoms with Gasteiger partial charge in [-0.15, -0.1) is 0 Å². The van der Waals surface area contributed by atoms with Crippen molar-refractivity contribution in [2.75, 3.05) is 70.5 Å². The number of para-hydroxylation sites is 1. The Morgan fingerprint density at radius 1 is 1.04 bits per heavy atom. The van der Waals surface area contributed by atoms with Gasteiger partial charge in [0.15, 0.2) is 0 Å². The molecule has 2 heterocycles. The van der Waals surface area contributed by atoms with Gasteiger partial charge in [-0.2, -0.15) is 0 Å². The first-order valence-electron chi connectivity index (χ1n) is 9.56. The van der Waals surface area contributed by atoms with E-state index in [0.717, 1.165) is 89.1 Å². The van der Waals surface area contributed by atoms with Crippen LogP contribution in [0.5, 0.6) is 0 Å². The molecule has 2 fully saturated rings. The number of benzene rings is 1. The van der Waals surface area contributed by atoms with E-state index in [1.165, 1.54) is 0 Å². The molecule has 0 saturated carbocycles. The number of carbonyl (C=O) groups is 1. The second-order valence-electron chi connectivity index (χ2n) is 6.82. The second-order valence-corrected chi connectivity index (χ2v) is 7.23. The van der Waals surface area contributed by atoms with Crippen molar-refractivity contribution in [3.63, 3.8) is 0 Å². The van der Waals surface area contributed by atoms with Gasteiger partial charge in [0.05, 0.1) is 23.9 Å². The number of anilines is 1. The highest BCUT2D eigenvalue weighted by Gasteiger charge is 2.22. The number of piperazine rings is 1. The topological polar surface area (TPSA) is 48.1 Å². The summed E-state index contributed by atoms with van der Waals surface area (Å²) in [5.41, 5.74) is 1.05. The van der Waals surface area contributed by atoms with Crippen molar-refractivity contribution in [2.45, 2.75) is 12.8 Å². The molecule has 1 aromatic rings. The van der Waals surface area contributed by atoms with E-state index in [1.54, 1.807) is 0 Å². The quantitative estimate of drug-likeness (QED) is 0.769. The summed E-state index contributed by atoms with van der Waals surface area (Å²) < 4.78 is 5.35. The van der Waals surface area contributed by atoms with Crippen molar-refractivity contribution in [3.05, 3.63) is 29.3 Å². The third kappa shape index (κ3) is 5.50. The number of halogens is 1. The highest BCUT2D eigenvalue weighted by molar-refractivity contribution is 6.33. The lowest BCUT2D eigenvalue weighted by Crippen LogP contribution is -2.52. The fourth-order valence-corrected chi connectivity index (χ4v) is 3.71. The lowest BCUT2D eigenvalue weighted by Gasteiger charge is -2.36. The number of urea groups is 1. The van der Waals surface area contributed by atoms with Gasteiger partial charge in [-0.3, -0.25) is 4.90 Å². The van der Waals surface area contributed by atoms with Crippen LogP contribution in [0.2, 0.25) is 5.02 Å². The summed E-state index contributed by atoms with van der Waals surface area (Å²) in [4.78, 5) is 18.9. The SMILES string of the molecule is O=C(NCCCCN1CCOCC1)N1CCN(c2ccccc2Cl)CC1. The number of hydrogen-bond acceptors (Lipinski definition) is 4. The molecule has 0 atom stereocenters. The van der Waals surface area contributed by atoms with Crippen molar-refractivity contribution in [1.29, 1.82) is 0 Å². The van der Waals surface area contributed by atoms with Crippen molar-refractivity contribution in [3.8, 4) is 0 Å². The Morgan fingerprint density at radius 2 is 1.77 bits per heavy atom. The maximum atomic E-state index is 12.3. The minimum Gasteiger partial charge on any atom is -0.379 e. The van der Waals surface area contributed by atoms with Gasteiger partial charge in [-0.25, -0.2) is 4.79 Å². The Labute approximate surface area is 161 Å². The zero-order valence-corrected chi connectivity index (χ0v) is 16.1. The standard InChI is InChI=1S/C19H29ClN4O2/c20-17-5-1-2-6-18(17)23-9-11-24(12-10-23)19(25)21-7-3-4-8-22-13-15-26-16-14-22/h1-2,5-6H,3-4,7-16H2,(H,21,25). The molecule has 0 spiro atoms. The molecule has 144 valence electrons. The number of carbonyl (C=O) groups excluding carboxylic acids is 1. The van der Waals surface area contributed by atoms with Crippen LogP contribution in [-0.2, 0) is 4.74 Å². The summed E-state index contributed by atoms with van der Waals surface area (Å²) in [5.74, 6) is 0. The van der Waals surface area contributed by atoms with Gasteiger partial charge >= 0.3 is 6.03 Å². The number of amides is 2. The first-order chi connectivity index (χ1) is 12.7. The molecule has 2 aliphatic heterocycles. The van der Waals surface area contributed by atoms with E-state index in [-0.39, 0.29) is 6.03 Å². The van der Waals surface area contributed by atoms with E-state index in [0.29, 0.717) is 0 Å². The van der Waals surface area contributed by atoms with Gasteiger partial charge in [0.1, 0.15) is 0 Å².